The molecule has 0 saturated heterocycles. The van der Waals surface area contributed by atoms with Crippen LogP contribution in [0.3, 0.4) is 0 Å². The molecule has 216 valence electrons. The second kappa shape index (κ2) is 12.2. The fourth-order valence-electron chi connectivity index (χ4n) is 5.08. The molecular weight excluding hydrogens is 484 g/mol. The summed E-state index contributed by atoms with van der Waals surface area (Å²) in [6, 6.07) is 5.94. The molecule has 2 atom stereocenters. The van der Waals surface area contributed by atoms with Gasteiger partial charge in [-0.15, -0.1) is 0 Å². The molecular formula is C31H50O7. The van der Waals surface area contributed by atoms with Gasteiger partial charge in [-0.25, -0.2) is 0 Å². The first-order chi connectivity index (χ1) is 17.2. The smallest absolute Gasteiger partial charge is 0.316 e. The molecule has 0 aromatic heterocycles. The molecule has 0 aliphatic rings. The molecule has 0 amide bonds. The number of esters is 3. The van der Waals surface area contributed by atoms with Crippen molar-refractivity contribution in [2.75, 3.05) is 20.3 Å². The highest BCUT2D eigenvalue weighted by atomic mass is 16.5. The number of aliphatic hydroxyl groups excluding tert-OH is 1. The van der Waals surface area contributed by atoms with E-state index in [0.717, 1.165) is 11.1 Å². The Morgan fingerprint density at radius 2 is 1.26 bits per heavy atom. The number of carbonyl (C=O) groups excluding carboxylic acids is 3. The van der Waals surface area contributed by atoms with Gasteiger partial charge in [0.15, 0.2) is 0 Å². The number of benzene rings is 1. The molecule has 0 radical (unpaired) electrons. The summed E-state index contributed by atoms with van der Waals surface area (Å²) in [5.41, 5.74) is -2.02. The van der Waals surface area contributed by atoms with Gasteiger partial charge in [0.05, 0.1) is 30.0 Å². The standard InChI is InChI=1S/C31H50O7/c1-13-30(10,25(34)36-12)20-31(11,26(35)37-18-17-32)19-29(8,9)24(33)38-23-21(27(2,3)4)15-14-16-22(23)28(5,6)7/h14-16,32H,13,17-20H2,1-12H3. The van der Waals surface area contributed by atoms with Gasteiger partial charge in [0.25, 0.3) is 0 Å². The van der Waals surface area contributed by atoms with Crippen molar-refractivity contribution >= 4 is 17.9 Å². The van der Waals surface area contributed by atoms with Gasteiger partial charge >= 0.3 is 17.9 Å². The van der Waals surface area contributed by atoms with Crippen molar-refractivity contribution in [3.63, 3.8) is 0 Å². The van der Waals surface area contributed by atoms with E-state index in [-0.39, 0.29) is 36.9 Å². The number of aliphatic hydroxyl groups is 1. The van der Waals surface area contributed by atoms with E-state index in [4.69, 9.17) is 14.2 Å². The van der Waals surface area contributed by atoms with E-state index in [1.54, 1.807) is 27.7 Å². The first-order valence-electron chi connectivity index (χ1n) is 13.4. The summed E-state index contributed by atoms with van der Waals surface area (Å²) in [4.78, 5) is 39.8. The highest BCUT2D eigenvalue weighted by Gasteiger charge is 2.50. The summed E-state index contributed by atoms with van der Waals surface area (Å²) in [6.07, 6.45) is 0.607. The van der Waals surface area contributed by atoms with E-state index < -0.39 is 34.2 Å². The lowest BCUT2D eigenvalue weighted by Crippen LogP contribution is -2.45. The lowest BCUT2D eigenvalue weighted by molar-refractivity contribution is -0.166. The monoisotopic (exact) mass is 534 g/mol. The van der Waals surface area contributed by atoms with Crippen LogP contribution in [0.2, 0.25) is 0 Å². The number of ether oxygens (including phenoxy) is 3. The van der Waals surface area contributed by atoms with Gasteiger partial charge < -0.3 is 19.3 Å². The van der Waals surface area contributed by atoms with Crippen LogP contribution in [0.25, 0.3) is 0 Å². The van der Waals surface area contributed by atoms with Crippen molar-refractivity contribution in [1.29, 1.82) is 0 Å². The molecule has 1 aromatic carbocycles. The maximum absolute atomic E-state index is 13.8. The highest BCUT2D eigenvalue weighted by molar-refractivity contribution is 5.83. The second-order valence-electron chi connectivity index (χ2n) is 13.6. The molecule has 1 rings (SSSR count). The van der Waals surface area contributed by atoms with Crippen LogP contribution in [0.15, 0.2) is 18.2 Å². The van der Waals surface area contributed by atoms with Crippen LogP contribution in [-0.2, 0) is 34.7 Å². The summed E-state index contributed by atoms with van der Waals surface area (Å²) < 4.78 is 16.6. The van der Waals surface area contributed by atoms with Gasteiger partial charge in [0.2, 0.25) is 0 Å². The van der Waals surface area contributed by atoms with Crippen LogP contribution < -0.4 is 4.74 Å². The van der Waals surface area contributed by atoms with Gasteiger partial charge in [-0.3, -0.25) is 14.4 Å². The van der Waals surface area contributed by atoms with E-state index >= 15 is 0 Å². The zero-order chi connectivity index (χ0) is 29.7. The van der Waals surface area contributed by atoms with Gasteiger partial charge in [-0.2, -0.15) is 0 Å². The molecule has 0 bridgehead atoms. The number of hydrogen-bond acceptors (Lipinski definition) is 7. The molecule has 38 heavy (non-hydrogen) atoms. The molecule has 0 heterocycles. The second-order valence-corrected chi connectivity index (χ2v) is 13.6. The van der Waals surface area contributed by atoms with E-state index in [0.29, 0.717) is 12.2 Å². The largest absolute Gasteiger partial charge is 0.469 e. The lowest BCUT2D eigenvalue weighted by Gasteiger charge is -2.39. The van der Waals surface area contributed by atoms with Crippen molar-refractivity contribution in [3.05, 3.63) is 29.3 Å². The van der Waals surface area contributed by atoms with Gasteiger partial charge in [-0.1, -0.05) is 66.7 Å². The SMILES string of the molecule is CCC(C)(CC(C)(CC(C)(C)C(=O)Oc1c(C(C)(C)C)cccc1C(C)(C)C)C(=O)OCCO)C(=O)OC. The minimum absolute atomic E-state index is 0.0677. The summed E-state index contributed by atoms with van der Waals surface area (Å²) >= 11 is 0. The first kappa shape index (κ1) is 33.6. The molecule has 0 aliphatic heterocycles. The zero-order valence-electron chi connectivity index (χ0n) is 25.7. The predicted molar refractivity (Wildman–Crippen MR) is 149 cm³/mol. The quantitative estimate of drug-likeness (QED) is 0.269. The third kappa shape index (κ3) is 8.05. The summed E-state index contributed by atoms with van der Waals surface area (Å²) in [7, 11) is 1.32. The van der Waals surface area contributed by atoms with Crippen molar-refractivity contribution in [1.82, 2.24) is 0 Å². The third-order valence-corrected chi connectivity index (χ3v) is 7.27. The van der Waals surface area contributed by atoms with Gasteiger partial charge in [0, 0.05) is 11.1 Å². The molecule has 0 spiro atoms. The number of carbonyl (C=O) groups is 3. The Kier molecular flexibility index (Phi) is 10.8. The van der Waals surface area contributed by atoms with Gasteiger partial charge in [0.1, 0.15) is 12.4 Å². The summed E-state index contributed by atoms with van der Waals surface area (Å²) in [5, 5.41) is 9.23. The Morgan fingerprint density at radius 1 is 0.763 bits per heavy atom. The minimum atomic E-state index is -1.23. The van der Waals surface area contributed by atoms with E-state index in [1.807, 2.05) is 25.1 Å². The van der Waals surface area contributed by atoms with Crippen LogP contribution >= 0.6 is 0 Å². The van der Waals surface area contributed by atoms with Crippen molar-refractivity contribution in [2.45, 2.75) is 106 Å². The maximum Gasteiger partial charge on any atom is 0.316 e. The van der Waals surface area contributed by atoms with Crippen molar-refractivity contribution in [2.24, 2.45) is 16.2 Å². The Hall–Kier alpha value is -2.41. The molecule has 7 nitrogen and oxygen atoms in total. The number of methoxy groups -OCH3 is 1. The van der Waals surface area contributed by atoms with Crippen LogP contribution in [0.5, 0.6) is 5.75 Å². The minimum Gasteiger partial charge on any atom is -0.469 e. The first-order valence-corrected chi connectivity index (χ1v) is 13.4. The molecule has 0 aliphatic carbocycles. The number of para-hydroxylation sites is 1. The molecule has 1 N–H and O–H groups in total. The molecule has 2 unspecified atom stereocenters. The lowest BCUT2D eigenvalue weighted by atomic mass is 9.65. The topological polar surface area (TPSA) is 99.1 Å². The van der Waals surface area contributed by atoms with Crippen LogP contribution in [0, 0.1) is 16.2 Å². The van der Waals surface area contributed by atoms with E-state index in [9.17, 15) is 19.5 Å². The molecule has 7 heteroatoms. The van der Waals surface area contributed by atoms with Crippen LogP contribution in [0.1, 0.15) is 107 Å². The molecule has 0 fully saturated rings. The Balaban J connectivity index is 3.54. The zero-order valence-corrected chi connectivity index (χ0v) is 25.7. The summed E-state index contributed by atoms with van der Waals surface area (Å²) in [6.45, 7) is 20.7. The van der Waals surface area contributed by atoms with Gasteiger partial charge in [-0.05, 0) is 57.8 Å². The van der Waals surface area contributed by atoms with E-state index in [2.05, 4.69) is 41.5 Å². The molecule has 1 aromatic rings. The number of rotatable bonds is 11. The van der Waals surface area contributed by atoms with Crippen LogP contribution in [-0.4, -0.2) is 43.3 Å². The molecule has 0 saturated carbocycles. The van der Waals surface area contributed by atoms with Crippen LogP contribution in [0.4, 0.5) is 0 Å². The highest BCUT2D eigenvalue weighted by Crippen LogP contribution is 2.47. The maximum atomic E-state index is 13.8. The average Bonchev–Trinajstić information content (AvgIpc) is 2.79. The summed E-state index contributed by atoms with van der Waals surface area (Å²) in [5.74, 6) is -0.947. The Bertz CT molecular complexity index is 964. The normalized spacial score (nSPS) is 15.7. The Morgan fingerprint density at radius 3 is 1.66 bits per heavy atom. The van der Waals surface area contributed by atoms with Crippen molar-refractivity contribution < 1.29 is 33.7 Å². The number of hydrogen-bond donors (Lipinski definition) is 1. The fraction of sp³-hybridized carbons (Fsp3) is 0.710. The average molecular weight is 535 g/mol. The van der Waals surface area contributed by atoms with Crippen molar-refractivity contribution in [3.8, 4) is 5.75 Å². The predicted octanol–water partition coefficient (Wildman–Crippen LogP) is 6.12. The Labute approximate surface area is 229 Å². The third-order valence-electron chi connectivity index (χ3n) is 7.27. The van der Waals surface area contributed by atoms with E-state index in [1.165, 1.54) is 7.11 Å². The fourth-order valence-corrected chi connectivity index (χ4v) is 5.08.